The van der Waals surface area contributed by atoms with E-state index in [1.807, 2.05) is 27.7 Å². The van der Waals surface area contributed by atoms with E-state index in [2.05, 4.69) is 45.4 Å². The predicted octanol–water partition coefficient (Wildman–Crippen LogP) is 5.42. The molecule has 3 aliphatic heterocycles. The maximum atomic E-state index is 3.53. The number of piperidine rings is 3. The molecule has 1 aromatic carbocycles. The van der Waals surface area contributed by atoms with E-state index >= 15 is 0 Å². The highest BCUT2D eigenvalue weighted by atomic mass is 15.2. The van der Waals surface area contributed by atoms with Crippen molar-refractivity contribution < 1.29 is 0 Å². The molecular weight excluding hydrogens is 342 g/mol. The van der Waals surface area contributed by atoms with Crippen molar-refractivity contribution in [1.82, 2.24) is 10.2 Å². The molecule has 0 radical (unpaired) electrons. The molecule has 1 N–H and O–H groups in total. The Morgan fingerprint density at radius 1 is 0.821 bits per heavy atom. The molecule has 28 heavy (non-hydrogen) atoms. The van der Waals surface area contributed by atoms with Crippen molar-refractivity contribution >= 4 is 5.69 Å². The van der Waals surface area contributed by atoms with Crippen LogP contribution in [0.25, 0.3) is 0 Å². The van der Waals surface area contributed by atoms with Crippen molar-refractivity contribution in [2.24, 2.45) is 11.3 Å². The van der Waals surface area contributed by atoms with Gasteiger partial charge in [-0.25, -0.2) is 0 Å². The van der Waals surface area contributed by atoms with E-state index in [1.54, 1.807) is 0 Å². The average Bonchev–Trinajstić information content (AvgIpc) is 2.80. The van der Waals surface area contributed by atoms with Crippen LogP contribution in [0.5, 0.6) is 0 Å². The van der Waals surface area contributed by atoms with Gasteiger partial charge in [0.05, 0.1) is 0 Å². The Bertz CT molecular complexity index is 492. The Labute approximate surface area is 174 Å². The molecule has 4 rings (SSSR count). The van der Waals surface area contributed by atoms with Crippen LogP contribution in [0.3, 0.4) is 0 Å². The van der Waals surface area contributed by atoms with Gasteiger partial charge in [0.15, 0.2) is 0 Å². The molecule has 0 bridgehead atoms. The maximum Gasteiger partial charge on any atom is 0.0366 e. The Balaban J connectivity index is 0.000000660. The Kier molecular flexibility index (Phi) is 10.4. The fourth-order valence-corrected chi connectivity index (χ4v) is 5.04. The number of nitrogens with zero attached hydrogens (tertiary/aromatic N) is 2. The topological polar surface area (TPSA) is 18.5 Å². The van der Waals surface area contributed by atoms with E-state index < -0.39 is 0 Å². The van der Waals surface area contributed by atoms with E-state index in [4.69, 9.17) is 0 Å². The lowest BCUT2D eigenvalue weighted by atomic mass is 9.71. The van der Waals surface area contributed by atoms with E-state index in [0.717, 1.165) is 5.92 Å². The zero-order valence-corrected chi connectivity index (χ0v) is 19.1. The van der Waals surface area contributed by atoms with E-state index in [1.165, 1.54) is 90.0 Å². The molecule has 3 aliphatic rings. The van der Waals surface area contributed by atoms with E-state index in [0.29, 0.717) is 5.41 Å². The van der Waals surface area contributed by atoms with Gasteiger partial charge in [0.1, 0.15) is 0 Å². The van der Waals surface area contributed by atoms with Crippen molar-refractivity contribution in [2.75, 3.05) is 50.7 Å². The third-order valence-corrected chi connectivity index (χ3v) is 6.83. The third kappa shape index (κ3) is 6.49. The first-order valence-corrected chi connectivity index (χ1v) is 12.1. The van der Waals surface area contributed by atoms with Gasteiger partial charge in [-0.05, 0) is 88.2 Å². The quantitative estimate of drug-likeness (QED) is 0.747. The summed E-state index contributed by atoms with van der Waals surface area (Å²) in [6.07, 6.45) is 8.43. The van der Waals surface area contributed by atoms with E-state index in [9.17, 15) is 0 Å². The summed E-state index contributed by atoms with van der Waals surface area (Å²) < 4.78 is 0. The SMILES string of the molecule is CC.CC.c1ccc(N2CCC(CN3CCC4(CCNCC4)CC3)CC2)cc1. The lowest BCUT2D eigenvalue weighted by molar-refractivity contribution is 0.0628. The van der Waals surface area contributed by atoms with Crippen molar-refractivity contribution in [3.8, 4) is 0 Å². The Hall–Kier alpha value is -1.06. The lowest BCUT2D eigenvalue weighted by Gasteiger charge is -2.45. The predicted molar refractivity (Wildman–Crippen MR) is 124 cm³/mol. The summed E-state index contributed by atoms with van der Waals surface area (Å²) >= 11 is 0. The van der Waals surface area contributed by atoms with Crippen LogP contribution >= 0.6 is 0 Å². The van der Waals surface area contributed by atoms with E-state index in [-0.39, 0.29) is 0 Å². The van der Waals surface area contributed by atoms with Gasteiger partial charge in [-0.3, -0.25) is 0 Å². The van der Waals surface area contributed by atoms with Crippen LogP contribution in [0.4, 0.5) is 5.69 Å². The number of benzene rings is 1. The zero-order valence-electron chi connectivity index (χ0n) is 19.1. The number of para-hydroxylation sites is 1. The molecule has 0 unspecified atom stereocenters. The van der Waals surface area contributed by atoms with Crippen LogP contribution in [-0.2, 0) is 0 Å². The minimum absolute atomic E-state index is 0.693. The smallest absolute Gasteiger partial charge is 0.0366 e. The second-order valence-electron chi connectivity index (χ2n) is 8.32. The summed E-state index contributed by atoms with van der Waals surface area (Å²) in [6.45, 7) is 17.0. The summed E-state index contributed by atoms with van der Waals surface area (Å²) in [5.41, 5.74) is 2.10. The largest absolute Gasteiger partial charge is 0.372 e. The van der Waals surface area contributed by atoms with Gasteiger partial charge >= 0.3 is 0 Å². The standard InChI is InChI=1S/C21H33N3.2C2H6/c1-2-4-20(5-3-1)24-14-6-19(7-15-24)18-23-16-10-21(11-17-23)8-12-22-13-9-21;2*1-2/h1-5,19,22H,6-18H2;2*1-2H3. The first kappa shape index (κ1) is 23.2. The highest BCUT2D eigenvalue weighted by molar-refractivity contribution is 5.46. The molecule has 3 fully saturated rings. The first-order valence-electron chi connectivity index (χ1n) is 12.1. The molecule has 0 aromatic heterocycles. The molecule has 1 aromatic rings. The van der Waals surface area contributed by atoms with Gasteiger partial charge < -0.3 is 15.1 Å². The van der Waals surface area contributed by atoms with Crippen molar-refractivity contribution in [1.29, 1.82) is 0 Å². The van der Waals surface area contributed by atoms with Crippen LogP contribution in [0, 0.1) is 11.3 Å². The first-order chi connectivity index (χ1) is 13.8. The molecule has 3 nitrogen and oxygen atoms in total. The van der Waals surface area contributed by atoms with Gasteiger partial charge in [-0.15, -0.1) is 0 Å². The molecular formula is C25H45N3. The van der Waals surface area contributed by atoms with Crippen LogP contribution in [0.2, 0.25) is 0 Å². The minimum atomic E-state index is 0.693. The highest BCUT2D eigenvalue weighted by Gasteiger charge is 2.36. The number of hydrogen-bond acceptors (Lipinski definition) is 3. The van der Waals surface area contributed by atoms with Gasteiger partial charge in [-0.2, -0.15) is 0 Å². The molecule has 1 spiro atoms. The highest BCUT2D eigenvalue weighted by Crippen LogP contribution is 2.39. The molecule has 0 amide bonds. The van der Waals surface area contributed by atoms with Gasteiger partial charge in [0.2, 0.25) is 0 Å². The molecule has 0 saturated carbocycles. The summed E-state index contributed by atoms with van der Waals surface area (Å²) in [4.78, 5) is 5.34. The fourth-order valence-electron chi connectivity index (χ4n) is 5.04. The number of rotatable bonds is 3. The second kappa shape index (κ2) is 12.5. The number of nitrogens with one attached hydrogen (secondary N) is 1. The van der Waals surface area contributed by atoms with Crippen molar-refractivity contribution in [3.05, 3.63) is 30.3 Å². The maximum absolute atomic E-state index is 3.53. The van der Waals surface area contributed by atoms with Crippen LogP contribution in [0.15, 0.2) is 30.3 Å². The van der Waals surface area contributed by atoms with Crippen molar-refractivity contribution in [2.45, 2.75) is 66.2 Å². The summed E-state index contributed by atoms with van der Waals surface area (Å²) in [5, 5.41) is 3.53. The summed E-state index contributed by atoms with van der Waals surface area (Å²) in [6, 6.07) is 10.9. The fraction of sp³-hybridized carbons (Fsp3) is 0.760. The summed E-state index contributed by atoms with van der Waals surface area (Å²) in [5.74, 6) is 0.909. The van der Waals surface area contributed by atoms with Gasteiger partial charge in [0, 0.05) is 25.3 Å². The number of hydrogen-bond donors (Lipinski definition) is 1. The zero-order chi connectivity index (χ0) is 20.2. The van der Waals surface area contributed by atoms with Crippen LogP contribution in [-0.4, -0.2) is 50.7 Å². The molecule has 160 valence electrons. The number of anilines is 1. The molecule has 3 heterocycles. The lowest BCUT2D eigenvalue weighted by Crippen LogP contribution is -2.47. The van der Waals surface area contributed by atoms with Crippen LogP contribution < -0.4 is 10.2 Å². The molecule has 3 heteroatoms. The molecule has 0 aliphatic carbocycles. The number of likely N-dealkylation sites (tertiary alicyclic amines) is 1. The normalized spacial score (nSPS) is 22.6. The van der Waals surface area contributed by atoms with Gasteiger partial charge in [0.25, 0.3) is 0 Å². The Morgan fingerprint density at radius 3 is 1.96 bits per heavy atom. The van der Waals surface area contributed by atoms with Crippen molar-refractivity contribution in [3.63, 3.8) is 0 Å². The van der Waals surface area contributed by atoms with Crippen LogP contribution in [0.1, 0.15) is 66.2 Å². The Morgan fingerprint density at radius 2 is 1.39 bits per heavy atom. The average molecular weight is 388 g/mol. The monoisotopic (exact) mass is 387 g/mol. The second-order valence-corrected chi connectivity index (χ2v) is 8.32. The molecule has 3 saturated heterocycles. The van der Waals surface area contributed by atoms with Gasteiger partial charge in [-0.1, -0.05) is 45.9 Å². The third-order valence-electron chi connectivity index (χ3n) is 6.83. The minimum Gasteiger partial charge on any atom is -0.372 e. The summed E-state index contributed by atoms with van der Waals surface area (Å²) in [7, 11) is 0. The molecule has 0 atom stereocenters.